The van der Waals surface area contributed by atoms with Gasteiger partial charge in [-0.1, -0.05) is 6.07 Å². The molecule has 0 amide bonds. The van der Waals surface area contributed by atoms with E-state index in [4.69, 9.17) is 10.5 Å². The summed E-state index contributed by atoms with van der Waals surface area (Å²) in [5.74, 6) is 0. The first-order valence-corrected chi connectivity index (χ1v) is 5.35. The Morgan fingerprint density at radius 3 is 2.80 bits per heavy atom. The number of nitrogens with two attached hydrogens (primary N) is 1. The molecule has 0 aromatic heterocycles. The molecule has 0 unspecified atom stereocenters. The van der Waals surface area contributed by atoms with Crippen molar-refractivity contribution in [1.82, 2.24) is 0 Å². The highest BCUT2D eigenvalue weighted by Crippen LogP contribution is 2.29. The van der Waals surface area contributed by atoms with Crippen LogP contribution in [0.5, 0.6) is 0 Å². The van der Waals surface area contributed by atoms with Gasteiger partial charge in [0, 0.05) is 24.5 Å². The fourth-order valence-corrected chi connectivity index (χ4v) is 1.91. The monoisotopic (exact) mass is 206 g/mol. The van der Waals surface area contributed by atoms with Crippen molar-refractivity contribution in [2.45, 2.75) is 31.9 Å². The smallest absolute Gasteiger partial charge is 0.0610 e. The number of rotatable bonds is 3. The first-order valence-electron chi connectivity index (χ1n) is 5.35. The summed E-state index contributed by atoms with van der Waals surface area (Å²) in [6.45, 7) is 2.05. The van der Waals surface area contributed by atoms with E-state index in [0.717, 1.165) is 29.8 Å². The van der Waals surface area contributed by atoms with E-state index in [1.54, 1.807) is 7.11 Å². The van der Waals surface area contributed by atoms with Crippen LogP contribution in [0, 0.1) is 6.92 Å². The Bertz CT molecular complexity index is 345. The van der Waals surface area contributed by atoms with E-state index < -0.39 is 0 Å². The van der Waals surface area contributed by atoms with E-state index >= 15 is 0 Å². The van der Waals surface area contributed by atoms with Crippen molar-refractivity contribution in [1.29, 1.82) is 0 Å². The number of hydrogen-bond donors (Lipinski definition) is 2. The lowest BCUT2D eigenvalue weighted by Crippen LogP contribution is -2.40. The van der Waals surface area contributed by atoms with Crippen molar-refractivity contribution >= 4 is 11.4 Å². The summed E-state index contributed by atoms with van der Waals surface area (Å²) in [5.41, 5.74) is 8.98. The highest BCUT2D eigenvalue weighted by Gasteiger charge is 2.28. The van der Waals surface area contributed by atoms with Crippen LogP contribution >= 0.6 is 0 Å². The van der Waals surface area contributed by atoms with Gasteiger partial charge in [-0.05, 0) is 37.5 Å². The van der Waals surface area contributed by atoms with Crippen molar-refractivity contribution in [3.63, 3.8) is 0 Å². The number of anilines is 2. The Morgan fingerprint density at radius 1 is 1.40 bits per heavy atom. The average Bonchev–Trinajstić information content (AvgIpc) is 2.17. The van der Waals surface area contributed by atoms with E-state index in [-0.39, 0.29) is 0 Å². The second kappa shape index (κ2) is 4.11. The predicted octanol–water partition coefficient (Wildman–Crippen LogP) is 2.17. The molecule has 15 heavy (non-hydrogen) atoms. The van der Waals surface area contributed by atoms with E-state index in [9.17, 15) is 0 Å². The minimum Gasteiger partial charge on any atom is -0.398 e. The van der Waals surface area contributed by atoms with Crippen LogP contribution in [0.25, 0.3) is 0 Å². The van der Waals surface area contributed by atoms with Crippen molar-refractivity contribution < 1.29 is 4.74 Å². The minimum atomic E-state index is 0.434. The van der Waals surface area contributed by atoms with Gasteiger partial charge in [-0.2, -0.15) is 0 Å². The van der Waals surface area contributed by atoms with Crippen LogP contribution in [0.1, 0.15) is 18.4 Å². The van der Waals surface area contributed by atoms with Crippen molar-refractivity contribution in [2.24, 2.45) is 0 Å². The molecule has 1 aliphatic rings. The summed E-state index contributed by atoms with van der Waals surface area (Å²) in [5, 5.41) is 3.49. The van der Waals surface area contributed by atoms with Crippen LogP contribution in [0.3, 0.4) is 0 Å². The maximum absolute atomic E-state index is 5.84. The molecule has 0 aliphatic heterocycles. The molecule has 2 rings (SSSR count). The molecule has 1 aromatic carbocycles. The van der Waals surface area contributed by atoms with Crippen LogP contribution < -0.4 is 11.1 Å². The fraction of sp³-hybridized carbons (Fsp3) is 0.500. The zero-order chi connectivity index (χ0) is 10.8. The molecule has 1 aliphatic carbocycles. The molecular weight excluding hydrogens is 188 g/mol. The normalized spacial score (nSPS) is 24.7. The Balaban J connectivity index is 1.97. The van der Waals surface area contributed by atoms with Crippen molar-refractivity contribution in [3.05, 3.63) is 23.8 Å². The molecule has 0 saturated heterocycles. The molecule has 0 heterocycles. The molecule has 1 saturated carbocycles. The highest BCUT2D eigenvalue weighted by atomic mass is 16.5. The van der Waals surface area contributed by atoms with Gasteiger partial charge in [-0.25, -0.2) is 0 Å². The van der Waals surface area contributed by atoms with E-state index in [0.29, 0.717) is 12.1 Å². The van der Waals surface area contributed by atoms with Gasteiger partial charge in [-0.3, -0.25) is 0 Å². The summed E-state index contributed by atoms with van der Waals surface area (Å²) in [6, 6.07) is 6.53. The standard InChI is InChI=1S/C12H18N2O/c1-8-11(13)4-3-5-12(8)14-9-6-10(7-9)15-2/h3-5,9-10,14H,6-7,13H2,1-2H3. The number of nitrogens with one attached hydrogen (secondary N) is 1. The first kappa shape index (κ1) is 10.3. The second-order valence-electron chi connectivity index (χ2n) is 4.19. The van der Waals surface area contributed by atoms with E-state index in [1.165, 1.54) is 0 Å². The number of benzene rings is 1. The average molecular weight is 206 g/mol. The van der Waals surface area contributed by atoms with Crippen molar-refractivity contribution in [2.75, 3.05) is 18.2 Å². The maximum atomic E-state index is 5.84. The van der Waals surface area contributed by atoms with Gasteiger partial charge in [0.25, 0.3) is 0 Å². The number of methoxy groups -OCH3 is 1. The van der Waals surface area contributed by atoms with E-state index in [2.05, 4.69) is 11.4 Å². The lowest BCUT2D eigenvalue weighted by atomic mass is 9.89. The topological polar surface area (TPSA) is 47.3 Å². The third kappa shape index (κ3) is 2.07. The van der Waals surface area contributed by atoms with Crippen molar-refractivity contribution in [3.8, 4) is 0 Å². The molecule has 1 aromatic rings. The third-order valence-electron chi connectivity index (χ3n) is 3.16. The lowest BCUT2D eigenvalue weighted by Gasteiger charge is -2.35. The molecule has 0 radical (unpaired) electrons. The fourth-order valence-electron chi connectivity index (χ4n) is 1.91. The maximum Gasteiger partial charge on any atom is 0.0610 e. The van der Waals surface area contributed by atoms with Crippen LogP contribution in [-0.2, 0) is 4.74 Å². The molecule has 3 N–H and O–H groups in total. The van der Waals surface area contributed by atoms with Gasteiger partial charge in [0.1, 0.15) is 0 Å². The number of nitrogen functional groups attached to an aromatic ring is 1. The zero-order valence-corrected chi connectivity index (χ0v) is 9.29. The first-order chi connectivity index (χ1) is 7.20. The number of ether oxygens (including phenoxy) is 1. The van der Waals surface area contributed by atoms with Gasteiger partial charge in [0.15, 0.2) is 0 Å². The molecule has 1 fully saturated rings. The van der Waals surface area contributed by atoms with Gasteiger partial charge in [-0.15, -0.1) is 0 Å². The summed E-state index contributed by atoms with van der Waals surface area (Å²) in [7, 11) is 1.77. The summed E-state index contributed by atoms with van der Waals surface area (Å²) in [4.78, 5) is 0. The lowest BCUT2D eigenvalue weighted by molar-refractivity contribution is 0.0328. The molecule has 0 bridgehead atoms. The largest absolute Gasteiger partial charge is 0.398 e. The van der Waals surface area contributed by atoms with Gasteiger partial charge in [0.2, 0.25) is 0 Å². The highest BCUT2D eigenvalue weighted by molar-refractivity contribution is 5.63. The quantitative estimate of drug-likeness (QED) is 0.745. The van der Waals surface area contributed by atoms with Crippen LogP contribution in [-0.4, -0.2) is 19.3 Å². The van der Waals surface area contributed by atoms with Gasteiger partial charge in [0.05, 0.1) is 6.10 Å². The third-order valence-corrected chi connectivity index (χ3v) is 3.16. The zero-order valence-electron chi connectivity index (χ0n) is 9.29. The van der Waals surface area contributed by atoms with Crippen LogP contribution in [0.4, 0.5) is 11.4 Å². The number of hydrogen-bond acceptors (Lipinski definition) is 3. The minimum absolute atomic E-state index is 0.434. The predicted molar refractivity (Wildman–Crippen MR) is 63.0 cm³/mol. The van der Waals surface area contributed by atoms with Crippen LogP contribution in [0.2, 0.25) is 0 Å². The molecular formula is C12H18N2O. The van der Waals surface area contributed by atoms with Gasteiger partial charge >= 0.3 is 0 Å². The Kier molecular flexibility index (Phi) is 2.82. The molecule has 82 valence electrons. The Hall–Kier alpha value is -1.22. The Labute approximate surface area is 90.6 Å². The molecule has 0 spiro atoms. The summed E-state index contributed by atoms with van der Waals surface area (Å²) < 4.78 is 5.24. The Morgan fingerprint density at radius 2 is 2.13 bits per heavy atom. The molecule has 3 heteroatoms. The molecule has 3 nitrogen and oxygen atoms in total. The second-order valence-corrected chi connectivity index (χ2v) is 4.19. The van der Waals surface area contributed by atoms with Crippen LogP contribution in [0.15, 0.2) is 18.2 Å². The molecule has 0 atom stereocenters. The van der Waals surface area contributed by atoms with Gasteiger partial charge < -0.3 is 15.8 Å². The SMILES string of the molecule is COC1CC(Nc2cccc(N)c2C)C1. The summed E-state index contributed by atoms with van der Waals surface area (Å²) >= 11 is 0. The summed E-state index contributed by atoms with van der Waals surface area (Å²) in [6.07, 6.45) is 2.61. The van der Waals surface area contributed by atoms with E-state index in [1.807, 2.05) is 19.1 Å².